The van der Waals surface area contributed by atoms with E-state index in [2.05, 4.69) is 6.07 Å². The van der Waals surface area contributed by atoms with Gasteiger partial charge in [-0.05, 0) is 37.5 Å². The van der Waals surface area contributed by atoms with E-state index >= 15 is 0 Å². The largest absolute Gasteiger partial charge is 0.494 e. The average molecular weight is 258 g/mol. The average Bonchev–Trinajstić information content (AvgIpc) is 3.21. The van der Waals surface area contributed by atoms with Crippen LogP contribution in [0.25, 0.3) is 0 Å². The molecule has 0 saturated heterocycles. The Hall–Kier alpha value is -2.02. The van der Waals surface area contributed by atoms with E-state index in [9.17, 15) is 4.79 Å². The van der Waals surface area contributed by atoms with Crippen molar-refractivity contribution in [1.82, 2.24) is 4.90 Å². The maximum atomic E-state index is 12.1. The van der Waals surface area contributed by atoms with Crippen LogP contribution in [0, 0.1) is 16.7 Å². The summed E-state index contributed by atoms with van der Waals surface area (Å²) >= 11 is 0. The quantitative estimate of drug-likeness (QED) is 0.814. The second-order valence-corrected chi connectivity index (χ2v) is 4.93. The van der Waals surface area contributed by atoms with Crippen molar-refractivity contribution in [3.05, 3.63) is 29.8 Å². The molecule has 0 aromatic heterocycles. The summed E-state index contributed by atoms with van der Waals surface area (Å²) in [5, 5.41) is 9.02. The second-order valence-electron chi connectivity index (χ2n) is 4.93. The molecule has 0 aliphatic heterocycles. The zero-order valence-electron chi connectivity index (χ0n) is 11.3. The number of nitriles is 1. The minimum absolute atomic E-state index is 0.0658. The van der Waals surface area contributed by atoms with E-state index < -0.39 is 5.41 Å². The van der Waals surface area contributed by atoms with Gasteiger partial charge in [0.05, 0.1) is 12.7 Å². The van der Waals surface area contributed by atoms with Crippen LogP contribution in [-0.4, -0.2) is 24.5 Å². The van der Waals surface area contributed by atoms with Gasteiger partial charge in [0.2, 0.25) is 5.91 Å². The van der Waals surface area contributed by atoms with Gasteiger partial charge in [0, 0.05) is 13.6 Å². The molecule has 0 radical (unpaired) electrons. The van der Waals surface area contributed by atoms with Crippen LogP contribution in [0.5, 0.6) is 5.75 Å². The summed E-state index contributed by atoms with van der Waals surface area (Å²) < 4.78 is 5.37. The number of carbonyl (C=O) groups excluding carboxylic acids is 1. The molecule has 2 rings (SSSR count). The molecule has 1 amide bonds. The first-order valence-corrected chi connectivity index (χ1v) is 6.50. The highest BCUT2D eigenvalue weighted by Crippen LogP contribution is 2.46. The first-order chi connectivity index (χ1) is 9.11. The molecule has 0 unspecified atom stereocenters. The van der Waals surface area contributed by atoms with E-state index in [-0.39, 0.29) is 5.91 Å². The van der Waals surface area contributed by atoms with Gasteiger partial charge in [-0.25, -0.2) is 0 Å². The molecule has 1 aromatic rings. The van der Waals surface area contributed by atoms with Crippen molar-refractivity contribution < 1.29 is 9.53 Å². The van der Waals surface area contributed by atoms with E-state index in [0.717, 1.165) is 11.3 Å². The van der Waals surface area contributed by atoms with Gasteiger partial charge in [0.25, 0.3) is 0 Å². The highest BCUT2D eigenvalue weighted by molar-refractivity contribution is 5.88. The van der Waals surface area contributed by atoms with Crippen molar-refractivity contribution in [1.29, 1.82) is 5.26 Å². The van der Waals surface area contributed by atoms with E-state index in [0.29, 0.717) is 26.0 Å². The third-order valence-corrected chi connectivity index (χ3v) is 3.37. The Morgan fingerprint density at radius 1 is 1.42 bits per heavy atom. The Bertz CT molecular complexity index is 498. The predicted molar refractivity (Wildman–Crippen MR) is 71.4 cm³/mol. The Kier molecular flexibility index (Phi) is 3.75. The fourth-order valence-electron chi connectivity index (χ4n) is 2.07. The molecule has 19 heavy (non-hydrogen) atoms. The monoisotopic (exact) mass is 258 g/mol. The molecule has 1 fully saturated rings. The molecule has 100 valence electrons. The van der Waals surface area contributed by atoms with E-state index in [1.54, 1.807) is 11.9 Å². The Labute approximate surface area is 113 Å². The van der Waals surface area contributed by atoms with Gasteiger partial charge >= 0.3 is 0 Å². The first-order valence-electron chi connectivity index (χ1n) is 6.50. The normalized spacial score (nSPS) is 15.4. The fraction of sp³-hybridized carbons (Fsp3) is 0.467. The lowest BCUT2D eigenvalue weighted by atomic mass is 10.1. The number of hydrogen-bond acceptors (Lipinski definition) is 3. The zero-order chi connectivity index (χ0) is 13.9. The standard InChI is InChI=1S/C15H18N2O2/c1-3-19-13-6-4-12(5-7-13)10-17(2)14(18)15(11-16)8-9-15/h4-7H,3,8-10H2,1-2H3. The zero-order valence-corrected chi connectivity index (χ0v) is 11.3. The molecule has 1 aliphatic rings. The number of ether oxygens (including phenoxy) is 1. The lowest BCUT2D eigenvalue weighted by molar-refractivity contribution is -0.134. The van der Waals surface area contributed by atoms with E-state index in [1.807, 2.05) is 31.2 Å². The third-order valence-electron chi connectivity index (χ3n) is 3.37. The maximum Gasteiger partial charge on any atom is 0.243 e. The molecule has 4 nitrogen and oxygen atoms in total. The molecule has 4 heteroatoms. The number of carbonyl (C=O) groups is 1. The van der Waals surface area contributed by atoms with Gasteiger partial charge in [-0.3, -0.25) is 4.79 Å². The number of rotatable bonds is 5. The fourth-order valence-corrected chi connectivity index (χ4v) is 2.07. The molecule has 0 heterocycles. The molecule has 1 aromatic carbocycles. The highest BCUT2D eigenvalue weighted by atomic mass is 16.5. The number of nitrogens with zero attached hydrogens (tertiary/aromatic N) is 2. The van der Waals surface area contributed by atoms with Gasteiger partial charge in [-0.2, -0.15) is 5.26 Å². The van der Waals surface area contributed by atoms with Crippen LogP contribution in [0.4, 0.5) is 0 Å². The van der Waals surface area contributed by atoms with Crippen molar-refractivity contribution in [2.45, 2.75) is 26.3 Å². The summed E-state index contributed by atoms with van der Waals surface area (Å²) in [5.74, 6) is 0.764. The van der Waals surface area contributed by atoms with Crippen LogP contribution < -0.4 is 4.74 Å². The SMILES string of the molecule is CCOc1ccc(CN(C)C(=O)C2(C#N)CC2)cc1. The topological polar surface area (TPSA) is 53.3 Å². The summed E-state index contributed by atoms with van der Waals surface area (Å²) in [7, 11) is 1.75. The molecule has 0 spiro atoms. The Balaban J connectivity index is 1.97. The van der Waals surface area contributed by atoms with Crippen molar-refractivity contribution in [2.75, 3.05) is 13.7 Å². The predicted octanol–water partition coefficient (Wildman–Crippen LogP) is 2.35. The number of benzene rings is 1. The van der Waals surface area contributed by atoms with Gasteiger partial charge in [0.15, 0.2) is 0 Å². The van der Waals surface area contributed by atoms with Gasteiger partial charge in [0.1, 0.15) is 11.2 Å². The van der Waals surface area contributed by atoms with Crippen molar-refractivity contribution in [3.63, 3.8) is 0 Å². The lowest BCUT2D eigenvalue weighted by Crippen LogP contribution is -2.32. The third kappa shape index (κ3) is 2.87. The van der Waals surface area contributed by atoms with Gasteiger partial charge in [-0.1, -0.05) is 12.1 Å². The minimum atomic E-state index is -0.736. The van der Waals surface area contributed by atoms with Crippen LogP contribution in [0.1, 0.15) is 25.3 Å². The molecule has 1 aliphatic carbocycles. The number of amides is 1. The molecular weight excluding hydrogens is 240 g/mol. The maximum absolute atomic E-state index is 12.1. The molecular formula is C15H18N2O2. The highest BCUT2D eigenvalue weighted by Gasteiger charge is 2.51. The van der Waals surface area contributed by atoms with Crippen molar-refractivity contribution in [3.8, 4) is 11.8 Å². The Morgan fingerprint density at radius 2 is 2.05 bits per heavy atom. The minimum Gasteiger partial charge on any atom is -0.494 e. The molecule has 0 N–H and O–H groups in total. The van der Waals surface area contributed by atoms with Crippen LogP contribution in [-0.2, 0) is 11.3 Å². The van der Waals surface area contributed by atoms with Gasteiger partial charge < -0.3 is 9.64 Å². The van der Waals surface area contributed by atoms with Crippen molar-refractivity contribution >= 4 is 5.91 Å². The second kappa shape index (κ2) is 5.31. The molecule has 1 saturated carbocycles. The smallest absolute Gasteiger partial charge is 0.243 e. The lowest BCUT2D eigenvalue weighted by Gasteiger charge is -2.19. The number of hydrogen-bond donors (Lipinski definition) is 0. The van der Waals surface area contributed by atoms with Crippen LogP contribution in [0.2, 0.25) is 0 Å². The first kappa shape index (κ1) is 13.4. The molecule has 0 atom stereocenters. The van der Waals surface area contributed by atoms with Crippen LogP contribution in [0.15, 0.2) is 24.3 Å². The van der Waals surface area contributed by atoms with Gasteiger partial charge in [-0.15, -0.1) is 0 Å². The van der Waals surface area contributed by atoms with E-state index in [4.69, 9.17) is 10.00 Å². The molecule has 0 bridgehead atoms. The summed E-state index contributed by atoms with van der Waals surface area (Å²) in [4.78, 5) is 13.7. The Morgan fingerprint density at radius 3 is 2.53 bits per heavy atom. The summed E-state index contributed by atoms with van der Waals surface area (Å²) in [5.41, 5.74) is 0.299. The van der Waals surface area contributed by atoms with E-state index in [1.165, 1.54) is 0 Å². The summed E-state index contributed by atoms with van der Waals surface area (Å²) in [6.45, 7) is 3.11. The summed E-state index contributed by atoms with van der Waals surface area (Å²) in [6, 6.07) is 9.82. The van der Waals surface area contributed by atoms with Crippen molar-refractivity contribution in [2.24, 2.45) is 5.41 Å². The van der Waals surface area contributed by atoms with Crippen LogP contribution in [0.3, 0.4) is 0 Å². The van der Waals surface area contributed by atoms with Crippen LogP contribution >= 0.6 is 0 Å². The summed E-state index contributed by atoms with van der Waals surface area (Å²) in [6.07, 6.45) is 1.38.